The van der Waals surface area contributed by atoms with Crippen LogP contribution in [0, 0.1) is 11.2 Å². The van der Waals surface area contributed by atoms with Gasteiger partial charge >= 0.3 is 0 Å². The summed E-state index contributed by atoms with van der Waals surface area (Å²) in [4.78, 5) is 8.86. The van der Waals surface area contributed by atoms with Gasteiger partial charge in [0, 0.05) is 35.8 Å². The van der Waals surface area contributed by atoms with Crippen molar-refractivity contribution in [1.29, 1.82) is 5.41 Å². The lowest BCUT2D eigenvalue weighted by molar-refractivity contribution is 0.628. The minimum absolute atomic E-state index is 0.263. The standard InChI is InChI=1S/C29H23FN6/c30-24-8-6-21(7-9-24)28-29(35(19-33-28)25-10-11-25)26-12-13-27(31)36(34-26)16-14-20-3-1-4-22(17-20)23-5-2-15-32-18-23/h1-9,12-19,25,31H,10-11H2/b16-14+,31-27?. The van der Waals surface area contributed by atoms with Gasteiger partial charge in [-0.15, -0.1) is 0 Å². The van der Waals surface area contributed by atoms with Crippen LogP contribution in [0.4, 0.5) is 4.39 Å². The summed E-state index contributed by atoms with van der Waals surface area (Å²) in [5, 5.41) is 13.2. The molecule has 3 heterocycles. The summed E-state index contributed by atoms with van der Waals surface area (Å²) in [5.41, 5.74) is 6.55. The second-order valence-corrected chi connectivity index (χ2v) is 8.82. The zero-order chi connectivity index (χ0) is 24.5. The van der Waals surface area contributed by atoms with E-state index in [1.165, 1.54) is 12.1 Å². The number of hydrogen-bond donors (Lipinski definition) is 1. The Balaban J connectivity index is 1.37. The van der Waals surface area contributed by atoms with Crippen LogP contribution in [0.15, 0.2) is 91.5 Å². The Labute approximate surface area is 207 Å². The van der Waals surface area contributed by atoms with E-state index < -0.39 is 0 Å². The van der Waals surface area contributed by atoms with Gasteiger partial charge in [-0.2, -0.15) is 5.10 Å². The van der Waals surface area contributed by atoms with Gasteiger partial charge < -0.3 is 4.57 Å². The van der Waals surface area contributed by atoms with Crippen LogP contribution in [0.2, 0.25) is 0 Å². The number of hydrogen-bond acceptors (Lipinski definition) is 4. The van der Waals surface area contributed by atoms with Gasteiger partial charge in [-0.05, 0) is 78.6 Å². The normalized spacial score (nSPS) is 13.4. The minimum atomic E-state index is -0.283. The highest BCUT2D eigenvalue weighted by molar-refractivity contribution is 5.77. The minimum Gasteiger partial charge on any atom is -0.326 e. The number of imidazole rings is 1. The topological polar surface area (TPSA) is 72.4 Å². The molecule has 0 spiro atoms. The van der Waals surface area contributed by atoms with Crippen molar-refractivity contribution in [2.45, 2.75) is 18.9 Å². The molecule has 6 rings (SSSR count). The second kappa shape index (κ2) is 9.19. The summed E-state index contributed by atoms with van der Waals surface area (Å²) in [5.74, 6) is -0.283. The third-order valence-corrected chi connectivity index (χ3v) is 6.25. The molecule has 36 heavy (non-hydrogen) atoms. The quantitative estimate of drug-likeness (QED) is 0.325. The Morgan fingerprint density at radius 3 is 2.53 bits per heavy atom. The molecule has 1 aliphatic carbocycles. The zero-order valence-corrected chi connectivity index (χ0v) is 19.4. The van der Waals surface area contributed by atoms with E-state index in [1.807, 2.05) is 55.0 Å². The molecule has 1 fully saturated rings. The fraction of sp³-hybridized carbons (Fsp3) is 0.103. The van der Waals surface area contributed by atoms with Gasteiger partial charge in [0.25, 0.3) is 0 Å². The first kappa shape index (κ1) is 21.9. The van der Waals surface area contributed by atoms with Crippen molar-refractivity contribution < 1.29 is 4.39 Å². The maximum atomic E-state index is 13.5. The third kappa shape index (κ3) is 4.38. The van der Waals surface area contributed by atoms with E-state index in [1.54, 1.807) is 35.3 Å². The van der Waals surface area contributed by atoms with Crippen molar-refractivity contribution in [2.24, 2.45) is 0 Å². The molecule has 7 heteroatoms. The summed E-state index contributed by atoms with van der Waals surface area (Å²) in [7, 11) is 0. The Bertz CT molecular complexity index is 1610. The molecule has 0 unspecified atom stereocenters. The van der Waals surface area contributed by atoms with E-state index in [2.05, 4.69) is 20.6 Å². The van der Waals surface area contributed by atoms with Crippen molar-refractivity contribution >= 4 is 12.3 Å². The predicted molar refractivity (Wildman–Crippen MR) is 138 cm³/mol. The molecule has 1 aliphatic rings. The molecule has 1 N–H and O–H groups in total. The Morgan fingerprint density at radius 2 is 1.75 bits per heavy atom. The lowest BCUT2D eigenvalue weighted by atomic mass is 10.0. The van der Waals surface area contributed by atoms with Gasteiger partial charge in [-0.25, -0.2) is 14.1 Å². The molecule has 2 aromatic carbocycles. The predicted octanol–water partition coefficient (Wildman–Crippen LogP) is 6.06. The first-order valence-electron chi connectivity index (χ1n) is 11.8. The highest BCUT2D eigenvalue weighted by Crippen LogP contribution is 2.41. The number of halogens is 1. The van der Waals surface area contributed by atoms with Gasteiger partial charge in [-0.1, -0.05) is 24.3 Å². The van der Waals surface area contributed by atoms with Crippen molar-refractivity contribution in [1.82, 2.24) is 24.3 Å². The summed E-state index contributed by atoms with van der Waals surface area (Å²) in [6.07, 6.45) is 11.4. The summed E-state index contributed by atoms with van der Waals surface area (Å²) >= 11 is 0. The van der Waals surface area contributed by atoms with Crippen LogP contribution >= 0.6 is 0 Å². The van der Waals surface area contributed by atoms with E-state index in [-0.39, 0.29) is 11.3 Å². The lowest BCUT2D eigenvalue weighted by Crippen LogP contribution is -2.18. The molecule has 6 nitrogen and oxygen atoms in total. The lowest BCUT2D eigenvalue weighted by Gasteiger charge is -2.10. The average Bonchev–Trinajstić information content (AvgIpc) is 3.67. The van der Waals surface area contributed by atoms with Gasteiger partial charge in [-0.3, -0.25) is 10.4 Å². The molecule has 0 radical (unpaired) electrons. The number of rotatable bonds is 6. The van der Waals surface area contributed by atoms with Gasteiger partial charge in [0.1, 0.15) is 17.0 Å². The number of benzene rings is 2. The highest BCUT2D eigenvalue weighted by atomic mass is 19.1. The van der Waals surface area contributed by atoms with Crippen molar-refractivity contribution in [3.63, 3.8) is 0 Å². The highest BCUT2D eigenvalue weighted by Gasteiger charge is 2.29. The molecule has 0 aliphatic heterocycles. The van der Waals surface area contributed by atoms with Crippen LogP contribution in [0.1, 0.15) is 24.4 Å². The van der Waals surface area contributed by atoms with Crippen LogP contribution in [-0.2, 0) is 0 Å². The van der Waals surface area contributed by atoms with Crippen molar-refractivity contribution in [2.75, 3.05) is 0 Å². The number of pyridine rings is 1. The molecule has 5 aromatic rings. The number of aromatic nitrogens is 5. The molecular weight excluding hydrogens is 451 g/mol. The molecule has 0 bridgehead atoms. The number of nitrogens with zero attached hydrogens (tertiary/aromatic N) is 5. The van der Waals surface area contributed by atoms with Gasteiger partial charge in [0.05, 0.1) is 17.7 Å². The SMILES string of the molecule is N=c1ccc(-c2c(-c3ccc(F)cc3)ncn2C2CC2)nn1/C=C/c1cccc(-c2cccnc2)c1. The van der Waals surface area contributed by atoms with E-state index in [9.17, 15) is 4.39 Å². The van der Waals surface area contributed by atoms with Crippen LogP contribution in [0.25, 0.3) is 46.0 Å². The maximum Gasteiger partial charge on any atom is 0.146 e. The maximum absolute atomic E-state index is 13.5. The zero-order valence-electron chi connectivity index (χ0n) is 19.4. The molecule has 0 amide bonds. The van der Waals surface area contributed by atoms with E-state index >= 15 is 0 Å². The molecular formula is C29H23FN6. The monoisotopic (exact) mass is 474 g/mol. The fourth-order valence-corrected chi connectivity index (χ4v) is 4.25. The number of nitrogens with one attached hydrogen (secondary N) is 1. The van der Waals surface area contributed by atoms with Gasteiger partial charge in [0.2, 0.25) is 0 Å². The Morgan fingerprint density at radius 1 is 0.917 bits per heavy atom. The molecule has 3 aromatic heterocycles. The van der Waals surface area contributed by atoms with Crippen LogP contribution in [-0.4, -0.2) is 24.3 Å². The largest absolute Gasteiger partial charge is 0.326 e. The molecule has 1 saturated carbocycles. The van der Waals surface area contributed by atoms with E-state index in [0.717, 1.165) is 46.5 Å². The van der Waals surface area contributed by atoms with Crippen LogP contribution < -0.4 is 5.49 Å². The van der Waals surface area contributed by atoms with E-state index in [0.29, 0.717) is 11.7 Å². The summed E-state index contributed by atoms with van der Waals surface area (Å²) < 4.78 is 17.2. The molecule has 0 saturated heterocycles. The van der Waals surface area contributed by atoms with Crippen molar-refractivity contribution in [3.8, 4) is 33.8 Å². The average molecular weight is 475 g/mol. The first-order valence-corrected chi connectivity index (χ1v) is 11.8. The van der Waals surface area contributed by atoms with E-state index in [4.69, 9.17) is 10.5 Å². The first-order chi connectivity index (χ1) is 17.7. The van der Waals surface area contributed by atoms with Crippen molar-refractivity contribution in [3.05, 3.63) is 108 Å². The van der Waals surface area contributed by atoms with Crippen LogP contribution in [0.5, 0.6) is 0 Å². The fourth-order valence-electron chi connectivity index (χ4n) is 4.25. The Hall–Kier alpha value is -4.65. The second-order valence-electron chi connectivity index (χ2n) is 8.82. The summed E-state index contributed by atoms with van der Waals surface area (Å²) in [6.45, 7) is 0. The summed E-state index contributed by atoms with van der Waals surface area (Å²) in [6, 6.07) is 22.4. The van der Waals surface area contributed by atoms with Gasteiger partial charge in [0.15, 0.2) is 0 Å². The van der Waals surface area contributed by atoms with Crippen LogP contribution in [0.3, 0.4) is 0 Å². The smallest absolute Gasteiger partial charge is 0.146 e. The third-order valence-electron chi connectivity index (χ3n) is 6.25. The Kier molecular flexibility index (Phi) is 5.58. The molecule has 0 atom stereocenters. The molecule has 176 valence electrons.